The summed E-state index contributed by atoms with van der Waals surface area (Å²) in [6.45, 7) is 1.57. The molecular weight excluding hydrogens is 386 g/mol. The van der Waals surface area contributed by atoms with Crippen molar-refractivity contribution in [2.24, 2.45) is 0 Å². The molecule has 2 rings (SSSR count). The Morgan fingerprint density at radius 1 is 0.857 bits per heavy atom. The number of amides is 3. The Morgan fingerprint density at radius 2 is 1.43 bits per heavy atom. The third-order valence-electron chi connectivity index (χ3n) is 3.40. The molecule has 0 aromatic heterocycles. The second kappa shape index (κ2) is 10.1. The largest absolute Gasteiger partial charge is 0.462 e. The van der Waals surface area contributed by atoms with E-state index in [1.54, 1.807) is 31.2 Å². The van der Waals surface area contributed by atoms with Gasteiger partial charge in [-0.3, -0.25) is 14.4 Å². The smallest absolute Gasteiger partial charge is 0.338 e. The molecule has 3 N–H and O–H groups in total. The van der Waals surface area contributed by atoms with Crippen molar-refractivity contribution in [2.45, 2.75) is 6.92 Å². The van der Waals surface area contributed by atoms with Crippen LogP contribution in [0.15, 0.2) is 48.5 Å². The summed E-state index contributed by atoms with van der Waals surface area (Å²) in [5.74, 6) is -2.89. The molecule has 2 aromatic rings. The van der Waals surface area contributed by atoms with Crippen molar-refractivity contribution >= 4 is 46.7 Å². The van der Waals surface area contributed by atoms with Crippen LogP contribution < -0.4 is 16.0 Å². The van der Waals surface area contributed by atoms with Crippen LogP contribution in [-0.2, 0) is 19.1 Å². The number of carbonyl (C=O) groups excluding carboxylic acids is 4. The Bertz CT molecular complexity index is 866. The SMILES string of the molecule is CCOC(=O)c1ccc(NC(=O)C(=O)NCC(=O)Nc2ccc(Cl)cc2)cc1. The lowest BCUT2D eigenvalue weighted by Gasteiger charge is -2.08. The normalized spacial score (nSPS) is 9.93. The molecule has 28 heavy (non-hydrogen) atoms. The van der Waals surface area contributed by atoms with Crippen molar-refractivity contribution in [1.29, 1.82) is 0 Å². The van der Waals surface area contributed by atoms with Gasteiger partial charge in [0.2, 0.25) is 5.91 Å². The van der Waals surface area contributed by atoms with Gasteiger partial charge in [-0.15, -0.1) is 0 Å². The van der Waals surface area contributed by atoms with Crippen LogP contribution in [0.5, 0.6) is 0 Å². The van der Waals surface area contributed by atoms with Gasteiger partial charge in [0.05, 0.1) is 18.7 Å². The molecule has 2 aromatic carbocycles. The van der Waals surface area contributed by atoms with Gasteiger partial charge in [0.1, 0.15) is 0 Å². The molecule has 0 radical (unpaired) electrons. The van der Waals surface area contributed by atoms with Crippen LogP contribution in [0.2, 0.25) is 5.02 Å². The maximum Gasteiger partial charge on any atom is 0.338 e. The number of hydrogen-bond acceptors (Lipinski definition) is 5. The van der Waals surface area contributed by atoms with Crippen molar-refractivity contribution < 1.29 is 23.9 Å². The number of nitrogens with one attached hydrogen (secondary N) is 3. The monoisotopic (exact) mass is 403 g/mol. The highest BCUT2D eigenvalue weighted by Gasteiger charge is 2.15. The van der Waals surface area contributed by atoms with Gasteiger partial charge < -0.3 is 20.7 Å². The Balaban J connectivity index is 1.80. The predicted octanol–water partition coefficient (Wildman–Crippen LogP) is 2.21. The van der Waals surface area contributed by atoms with Crippen molar-refractivity contribution in [3.63, 3.8) is 0 Å². The lowest BCUT2D eigenvalue weighted by Crippen LogP contribution is -2.39. The van der Waals surface area contributed by atoms with Gasteiger partial charge in [-0.1, -0.05) is 11.6 Å². The fraction of sp³-hybridized carbons (Fsp3) is 0.158. The Morgan fingerprint density at radius 3 is 2.04 bits per heavy atom. The first-order valence-electron chi connectivity index (χ1n) is 8.31. The molecule has 0 atom stereocenters. The van der Waals surface area contributed by atoms with Crippen molar-refractivity contribution in [2.75, 3.05) is 23.8 Å². The molecule has 0 bridgehead atoms. The first-order chi connectivity index (χ1) is 13.4. The van der Waals surface area contributed by atoms with E-state index >= 15 is 0 Å². The van der Waals surface area contributed by atoms with Crippen LogP contribution in [-0.4, -0.2) is 36.8 Å². The molecule has 0 aliphatic heterocycles. The van der Waals surface area contributed by atoms with Crippen LogP contribution in [0.1, 0.15) is 17.3 Å². The zero-order valence-electron chi connectivity index (χ0n) is 15.0. The van der Waals surface area contributed by atoms with Crippen LogP contribution in [0.25, 0.3) is 0 Å². The Kier molecular flexibility index (Phi) is 7.53. The third kappa shape index (κ3) is 6.40. The van der Waals surface area contributed by atoms with E-state index in [4.69, 9.17) is 16.3 Å². The molecule has 0 aliphatic rings. The summed E-state index contributed by atoms with van der Waals surface area (Å²) in [5, 5.41) is 7.67. The van der Waals surface area contributed by atoms with E-state index in [1.807, 2.05) is 0 Å². The number of anilines is 2. The summed E-state index contributed by atoms with van der Waals surface area (Å²) in [7, 11) is 0. The number of halogens is 1. The van der Waals surface area contributed by atoms with E-state index in [0.29, 0.717) is 22.0 Å². The van der Waals surface area contributed by atoms with Crippen molar-refractivity contribution in [3.05, 3.63) is 59.1 Å². The fourth-order valence-corrected chi connectivity index (χ4v) is 2.20. The molecule has 0 unspecified atom stereocenters. The average molecular weight is 404 g/mol. The van der Waals surface area contributed by atoms with E-state index < -0.39 is 23.7 Å². The number of benzene rings is 2. The highest BCUT2D eigenvalue weighted by atomic mass is 35.5. The van der Waals surface area contributed by atoms with E-state index in [2.05, 4.69) is 16.0 Å². The Labute approximate surface area is 166 Å². The van der Waals surface area contributed by atoms with Crippen molar-refractivity contribution in [1.82, 2.24) is 5.32 Å². The minimum Gasteiger partial charge on any atom is -0.462 e. The number of ether oxygens (including phenoxy) is 1. The van der Waals surface area contributed by atoms with Crippen LogP contribution >= 0.6 is 11.6 Å². The molecule has 0 heterocycles. The first-order valence-corrected chi connectivity index (χ1v) is 8.68. The molecule has 0 saturated heterocycles. The summed E-state index contributed by atoms with van der Waals surface area (Å²) in [4.78, 5) is 47.1. The second-order valence-corrected chi connectivity index (χ2v) is 5.93. The molecule has 0 spiro atoms. The number of esters is 1. The Hall–Kier alpha value is -3.39. The zero-order valence-corrected chi connectivity index (χ0v) is 15.7. The lowest BCUT2D eigenvalue weighted by atomic mass is 10.2. The molecule has 3 amide bonds. The summed E-state index contributed by atoms with van der Waals surface area (Å²) >= 11 is 5.75. The van der Waals surface area contributed by atoms with Gasteiger partial charge in [-0.05, 0) is 55.5 Å². The molecule has 0 aliphatic carbocycles. The van der Waals surface area contributed by atoms with E-state index in [0.717, 1.165) is 0 Å². The number of rotatable bonds is 6. The van der Waals surface area contributed by atoms with E-state index in [-0.39, 0.29) is 13.2 Å². The highest BCUT2D eigenvalue weighted by Crippen LogP contribution is 2.13. The fourth-order valence-electron chi connectivity index (χ4n) is 2.07. The number of hydrogen-bond donors (Lipinski definition) is 3. The lowest BCUT2D eigenvalue weighted by molar-refractivity contribution is -0.136. The summed E-state index contributed by atoms with van der Waals surface area (Å²) in [6.07, 6.45) is 0. The van der Waals surface area contributed by atoms with E-state index in [1.165, 1.54) is 24.3 Å². The van der Waals surface area contributed by atoms with Gasteiger partial charge in [-0.25, -0.2) is 4.79 Å². The molecule has 0 saturated carbocycles. The minimum atomic E-state index is -0.972. The summed E-state index contributed by atoms with van der Waals surface area (Å²) in [5.41, 5.74) is 1.15. The number of carbonyl (C=O) groups is 4. The van der Waals surface area contributed by atoms with Gasteiger partial charge in [0, 0.05) is 16.4 Å². The minimum absolute atomic E-state index is 0.253. The molecule has 146 valence electrons. The van der Waals surface area contributed by atoms with Crippen LogP contribution in [0.3, 0.4) is 0 Å². The standard InChI is InChI=1S/C19H18ClN3O5/c1-2-28-19(27)12-3-7-15(8-4-12)23-18(26)17(25)21-11-16(24)22-14-9-5-13(20)6-10-14/h3-10H,2,11H2,1H3,(H,21,25)(H,22,24)(H,23,26). The maximum absolute atomic E-state index is 11.9. The van der Waals surface area contributed by atoms with Crippen LogP contribution in [0, 0.1) is 0 Å². The molecule has 0 fully saturated rings. The van der Waals surface area contributed by atoms with Gasteiger partial charge in [0.15, 0.2) is 0 Å². The molecule has 8 nitrogen and oxygen atoms in total. The molecule has 9 heteroatoms. The predicted molar refractivity (Wildman–Crippen MR) is 104 cm³/mol. The van der Waals surface area contributed by atoms with E-state index in [9.17, 15) is 19.2 Å². The van der Waals surface area contributed by atoms with Gasteiger partial charge in [0.25, 0.3) is 0 Å². The zero-order chi connectivity index (χ0) is 20.5. The van der Waals surface area contributed by atoms with Gasteiger partial charge in [-0.2, -0.15) is 0 Å². The van der Waals surface area contributed by atoms with Gasteiger partial charge >= 0.3 is 17.8 Å². The maximum atomic E-state index is 11.9. The third-order valence-corrected chi connectivity index (χ3v) is 3.65. The summed E-state index contributed by atoms with van der Waals surface area (Å²) in [6, 6.07) is 12.3. The van der Waals surface area contributed by atoms with Crippen LogP contribution in [0.4, 0.5) is 11.4 Å². The van der Waals surface area contributed by atoms with Crippen molar-refractivity contribution in [3.8, 4) is 0 Å². The topological polar surface area (TPSA) is 114 Å². The highest BCUT2D eigenvalue weighted by molar-refractivity contribution is 6.40. The summed E-state index contributed by atoms with van der Waals surface area (Å²) < 4.78 is 4.86. The quantitative estimate of drug-likeness (QED) is 0.505. The first kappa shape index (κ1) is 20.9. The second-order valence-electron chi connectivity index (χ2n) is 5.49. The molecular formula is C19H18ClN3O5. The average Bonchev–Trinajstić information content (AvgIpc) is 2.68.